The molecule has 0 spiro atoms. The van der Waals surface area contributed by atoms with Crippen molar-refractivity contribution in [1.29, 1.82) is 0 Å². The minimum absolute atomic E-state index is 0.114. The van der Waals surface area contributed by atoms with E-state index in [0.29, 0.717) is 6.10 Å². The summed E-state index contributed by atoms with van der Waals surface area (Å²) in [6.45, 7) is 2.20. The Morgan fingerprint density at radius 2 is 2.31 bits per heavy atom. The van der Waals surface area contributed by atoms with Gasteiger partial charge in [-0.1, -0.05) is 35.7 Å². The molecule has 0 saturated heterocycles. The molecular formula is C13H18BrNO. The Morgan fingerprint density at radius 1 is 1.50 bits per heavy atom. The van der Waals surface area contributed by atoms with Gasteiger partial charge in [0.05, 0.1) is 0 Å². The molecular weight excluding hydrogens is 266 g/mol. The van der Waals surface area contributed by atoms with Gasteiger partial charge in [-0.25, -0.2) is 0 Å². The van der Waals surface area contributed by atoms with Gasteiger partial charge >= 0.3 is 0 Å². The van der Waals surface area contributed by atoms with Crippen LogP contribution < -0.4 is 10.5 Å². The fourth-order valence-electron chi connectivity index (χ4n) is 2.16. The standard InChI is InChI=1S/C13H18BrNO/c1-2-3-4-10-8-12(15)11-7-9(14)5-6-13(11)16-10/h5-7,10,12H,2-4,8,15H2,1H3/t10?,12-/m1/s1. The summed E-state index contributed by atoms with van der Waals surface area (Å²) in [4.78, 5) is 0. The minimum Gasteiger partial charge on any atom is -0.490 e. The number of halogens is 1. The maximum absolute atomic E-state index is 6.18. The SMILES string of the molecule is CCCCC1C[C@@H](N)c2cc(Br)ccc2O1. The first kappa shape index (κ1) is 11.9. The molecule has 2 N–H and O–H groups in total. The number of rotatable bonds is 3. The number of nitrogens with two attached hydrogens (primary N) is 1. The van der Waals surface area contributed by atoms with E-state index in [1.807, 2.05) is 12.1 Å². The van der Waals surface area contributed by atoms with Crippen LogP contribution in [0, 0.1) is 0 Å². The van der Waals surface area contributed by atoms with Crippen molar-refractivity contribution in [2.75, 3.05) is 0 Å². The zero-order valence-corrected chi connectivity index (χ0v) is 11.2. The third-order valence-corrected chi connectivity index (χ3v) is 3.55. The monoisotopic (exact) mass is 283 g/mol. The maximum atomic E-state index is 6.18. The quantitative estimate of drug-likeness (QED) is 0.916. The van der Waals surface area contributed by atoms with Gasteiger partial charge in [0.15, 0.2) is 0 Å². The summed E-state index contributed by atoms with van der Waals surface area (Å²) in [5.41, 5.74) is 7.30. The van der Waals surface area contributed by atoms with Crippen molar-refractivity contribution in [2.24, 2.45) is 5.73 Å². The highest BCUT2D eigenvalue weighted by Crippen LogP contribution is 2.36. The summed E-state index contributed by atoms with van der Waals surface area (Å²) in [6.07, 6.45) is 4.76. The first-order valence-corrected chi connectivity index (χ1v) is 6.71. The molecule has 1 aromatic carbocycles. The number of fused-ring (bicyclic) bond motifs is 1. The largest absolute Gasteiger partial charge is 0.490 e. The summed E-state index contributed by atoms with van der Waals surface area (Å²) in [5, 5.41) is 0. The van der Waals surface area contributed by atoms with Crippen molar-refractivity contribution in [3.63, 3.8) is 0 Å². The Bertz CT molecular complexity index is 367. The zero-order chi connectivity index (χ0) is 11.5. The van der Waals surface area contributed by atoms with Crippen LogP contribution in [0.15, 0.2) is 22.7 Å². The highest BCUT2D eigenvalue weighted by Gasteiger charge is 2.25. The molecule has 1 aliphatic heterocycles. The Hall–Kier alpha value is -0.540. The van der Waals surface area contributed by atoms with Crippen molar-refractivity contribution in [1.82, 2.24) is 0 Å². The molecule has 1 unspecified atom stereocenters. The van der Waals surface area contributed by atoms with Gasteiger partial charge in [0.25, 0.3) is 0 Å². The Morgan fingerprint density at radius 3 is 3.06 bits per heavy atom. The van der Waals surface area contributed by atoms with Gasteiger partial charge in [-0.2, -0.15) is 0 Å². The van der Waals surface area contributed by atoms with Crippen LogP contribution in [0.25, 0.3) is 0 Å². The molecule has 2 atom stereocenters. The van der Waals surface area contributed by atoms with Gasteiger partial charge in [0.1, 0.15) is 11.9 Å². The summed E-state index contributed by atoms with van der Waals surface area (Å²) in [5.74, 6) is 0.961. The normalized spacial score (nSPS) is 23.7. The van der Waals surface area contributed by atoms with E-state index < -0.39 is 0 Å². The van der Waals surface area contributed by atoms with Crippen molar-refractivity contribution in [2.45, 2.75) is 44.8 Å². The molecule has 0 saturated carbocycles. The topological polar surface area (TPSA) is 35.2 Å². The molecule has 0 amide bonds. The van der Waals surface area contributed by atoms with E-state index in [0.717, 1.165) is 28.6 Å². The lowest BCUT2D eigenvalue weighted by Crippen LogP contribution is -2.29. The Balaban J connectivity index is 2.13. The first-order chi connectivity index (χ1) is 7.70. The smallest absolute Gasteiger partial charge is 0.124 e. The molecule has 2 nitrogen and oxygen atoms in total. The molecule has 0 bridgehead atoms. The maximum Gasteiger partial charge on any atom is 0.124 e. The van der Waals surface area contributed by atoms with Crippen LogP contribution in [0.5, 0.6) is 5.75 Å². The summed E-state index contributed by atoms with van der Waals surface area (Å²) in [6, 6.07) is 6.20. The van der Waals surface area contributed by atoms with Crippen LogP contribution in [0.4, 0.5) is 0 Å². The van der Waals surface area contributed by atoms with E-state index in [9.17, 15) is 0 Å². The van der Waals surface area contributed by atoms with Crippen molar-refractivity contribution in [3.05, 3.63) is 28.2 Å². The lowest BCUT2D eigenvalue weighted by atomic mass is 9.95. The van der Waals surface area contributed by atoms with Gasteiger partial charge in [-0.3, -0.25) is 0 Å². The predicted molar refractivity (Wildman–Crippen MR) is 69.6 cm³/mol. The fraction of sp³-hybridized carbons (Fsp3) is 0.538. The Labute approximate surface area is 105 Å². The zero-order valence-electron chi connectivity index (χ0n) is 9.58. The van der Waals surface area contributed by atoms with Gasteiger partial charge < -0.3 is 10.5 Å². The van der Waals surface area contributed by atoms with Gasteiger partial charge in [0, 0.05) is 22.5 Å². The molecule has 0 aliphatic carbocycles. The van der Waals surface area contributed by atoms with Crippen LogP contribution in [-0.4, -0.2) is 6.10 Å². The minimum atomic E-state index is 0.114. The van der Waals surface area contributed by atoms with Crippen LogP contribution >= 0.6 is 15.9 Å². The first-order valence-electron chi connectivity index (χ1n) is 5.92. The van der Waals surface area contributed by atoms with E-state index in [1.54, 1.807) is 0 Å². The van der Waals surface area contributed by atoms with E-state index in [-0.39, 0.29) is 6.04 Å². The highest BCUT2D eigenvalue weighted by atomic mass is 79.9. The number of ether oxygens (including phenoxy) is 1. The average Bonchev–Trinajstić information content (AvgIpc) is 2.27. The lowest BCUT2D eigenvalue weighted by molar-refractivity contribution is 0.147. The average molecular weight is 284 g/mol. The third kappa shape index (κ3) is 2.58. The van der Waals surface area contributed by atoms with Crippen molar-refractivity contribution >= 4 is 15.9 Å². The molecule has 2 rings (SSSR count). The van der Waals surface area contributed by atoms with Crippen molar-refractivity contribution in [3.8, 4) is 5.75 Å². The summed E-state index contributed by atoms with van der Waals surface area (Å²) in [7, 11) is 0. The third-order valence-electron chi connectivity index (χ3n) is 3.06. The van der Waals surface area contributed by atoms with Crippen LogP contribution in [0.1, 0.15) is 44.2 Å². The Kier molecular flexibility index (Phi) is 3.87. The van der Waals surface area contributed by atoms with Gasteiger partial charge in [-0.15, -0.1) is 0 Å². The molecule has 88 valence electrons. The number of benzene rings is 1. The second-order valence-corrected chi connectivity index (χ2v) is 5.32. The summed E-state index contributed by atoms with van der Waals surface area (Å²) < 4.78 is 7.03. The molecule has 1 heterocycles. The van der Waals surface area contributed by atoms with E-state index in [4.69, 9.17) is 10.5 Å². The van der Waals surface area contributed by atoms with Crippen LogP contribution in [0.3, 0.4) is 0 Å². The molecule has 1 aliphatic rings. The number of unbranched alkanes of at least 4 members (excludes halogenated alkanes) is 1. The van der Waals surface area contributed by atoms with E-state index >= 15 is 0 Å². The van der Waals surface area contributed by atoms with Crippen molar-refractivity contribution < 1.29 is 4.74 Å². The molecule has 0 radical (unpaired) electrons. The molecule has 3 heteroatoms. The van der Waals surface area contributed by atoms with Gasteiger partial charge in [-0.05, 0) is 24.6 Å². The van der Waals surface area contributed by atoms with E-state index in [1.165, 1.54) is 12.8 Å². The fourth-order valence-corrected chi connectivity index (χ4v) is 2.54. The highest BCUT2D eigenvalue weighted by molar-refractivity contribution is 9.10. The van der Waals surface area contributed by atoms with Crippen LogP contribution in [0.2, 0.25) is 0 Å². The van der Waals surface area contributed by atoms with E-state index in [2.05, 4.69) is 28.9 Å². The molecule has 0 aromatic heterocycles. The lowest BCUT2D eigenvalue weighted by Gasteiger charge is -2.30. The summed E-state index contributed by atoms with van der Waals surface area (Å²) >= 11 is 3.46. The number of hydrogen-bond donors (Lipinski definition) is 1. The van der Waals surface area contributed by atoms with Crippen LogP contribution in [-0.2, 0) is 0 Å². The molecule has 16 heavy (non-hydrogen) atoms. The molecule has 0 fully saturated rings. The number of hydrogen-bond acceptors (Lipinski definition) is 2. The molecule has 1 aromatic rings. The predicted octanol–water partition coefficient (Wildman–Crippen LogP) is 3.79. The second-order valence-electron chi connectivity index (χ2n) is 4.41. The second kappa shape index (κ2) is 5.19. The van der Waals surface area contributed by atoms with Gasteiger partial charge in [0.2, 0.25) is 0 Å².